The van der Waals surface area contributed by atoms with Gasteiger partial charge in [-0.05, 0) is 38.4 Å². The van der Waals surface area contributed by atoms with Crippen molar-refractivity contribution in [2.24, 2.45) is 0 Å². The second-order valence-electron chi connectivity index (χ2n) is 3.87. The van der Waals surface area contributed by atoms with E-state index < -0.39 is 0 Å². The van der Waals surface area contributed by atoms with Crippen molar-refractivity contribution in [1.29, 1.82) is 0 Å². The van der Waals surface area contributed by atoms with Crippen LogP contribution >= 0.6 is 0 Å². The van der Waals surface area contributed by atoms with Crippen molar-refractivity contribution in [2.75, 3.05) is 6.54 Å². The number of nitrogens with one attached hydrogen (secondary N) is 1. The third-order valence-electron chi connectivity index (χ3n) is 2.48. The van der Waals surface area contributed by atoms with Crippen molar-refractivity contribution < 1.29 is 4.39 Å². The van der Waals surface area contributed by atoms with Crippen molar-refractivity contribution in [2.45, 2.75) is 39.2 Å². The molecule has 1 N–H and O–H groups in total. The molecule has 1 unspecified atom stereocenters. The van der Waals surface area contributed by atoms with Crippen LogP contribution in [0.4, 0.5) is 4.39 Å². The molecule has 0 radical (unpaired) electrons. The second-order valence-corrected chi connectivity index (χ2v) is 3.87. The van der Waals surface area contributed by atoms with Crippen LogP contribution < -0.4 is 5.32 Å². The maximum absolute atomic E-state index is 12.8. The zero-order valence-corrected chi connectivity index (χ0v) is 10.5. The van der Waals surface area contributed by atoms with Gasteiger partial charge < -0.3 is 5.32 Å². The number of aromatic nitrogens is 1. The molecule has 0 spiro atoms. The standard InChI is InChI=1S/C14H19FN2/c1-3-5-6-7-13(16-10-4-2)14-9-8-12(15)11-17-14/h8-9,11,13,16H,4,6-7,10H2,1-2H3. The van der Waals surface area contributed by atoms with Gasteiger partial charge in [-0.1, -0.05) is 6.92 Å². The van der Waals surface area contributed by atoms with Gasteiger partial charge in [0.2, 0.25) is 0 Å². The number of hydrogen-bond donors (Lipinski definition) is 1. The molecule has 0 aliphatic rings. The van der Waals surface area contributed by atoms with Gasteiger partial charge in [0, 0.05) is 6.42 Å². The van der Waals surface area contributed by atoms with Crippen molar-refractivity contribution in [3.8, 4) is 11.8 Å². The first-order valence-corrected chi connectivity index (χ1v) is 6.02. The third-order valence-corrected chi connectivity index (χ3v) is 2.48. The predicted molar refractivity (Wildman–Crippen MR) is 67.9 cm³/mol. The number of nitrogens with zero attached hydrogens (tertiary/aromatic N) is 1. The van der Waals surface area contributed by atoms with Crippen molar-refractivity contribution >= 4 is 0 Å². The van der Waals surface area contributed by atoms with Crippen LogP contribution in [-0.2, 0) is 0 Å². The average Bonchev–Trinajstić information content (AvgIpc) is 2.35. The minimum atomic E-state index is -0.295. The molecule has 0 amide bonds. The summed E-state index contributed by atoms with van der Waals surface area (Å²) in [7, 11) is 0. The molecule has 0 aliphatic heterocycles. The highest BCUT2D eigenvalue weighted by Crippen LogP contribution is 2.16. The molecule has 1 heterocycles. The highest BCUT2D eigenvalue weighted by molar-refractivity contribution is 5.10. The van der Waals surface area contributed by atoms with Gasteiger partial charge >= 0.3 is 0 Å². The summed E-state index contributed by atoms with van der Waals surface area (Å²) in [4.78, 5) is 4.12. The highest BCUT2D eigenvalue weighted by Gasteiger charge is 2.11. The number of hydrogen-bond acceptors (Lipinski definition) is 2. The molecule has 0 bridgehead atoms. The highest BCUT2D eigenvalue weighted by atomic mass is 19.1. The van der Waals surface area contributed by atoms with Crippen LogP contribution in [0.25, 0.3) is 0 Å². The Morgan fingerprint density at radius 3 is 2.88 bits per heavy atom. The maximum atomic E-state index is 12.8. The number of pyridine rings is 1. The third kappa shape index (κ3) is 4.97. The zero-order chi connectivity index (χ0) is 12.5. The van der Waals surface area contributed by atoms with Crippen molar-refractivity contribution in [3.63, 3.8) is 0 Å². The van der Waals surface area contributed by atoms with E-state index in [9.17, 15) is 4.39 Å². The van der Waals surface area contributed by atoms with E-state index in [0.717, 1.165) is 31.5 Å². The number of rotatable bonds is 6. The molecule has 17 heavy (non-hydrogen) atoms. The molecule has 0 aromatic carbocycles. The van der Waals surface area contributed by atoms with E-state index in [2.05, 4.69) is 29.1 Å². The predicted octanol–water partition coefficient (Wildman–Crippen LogP) is 3.06. The van der Waals surface area contributed by atoms with Gasteiger partial charge in [-0.2, -0.15) is 0 Å². The lowest BCUT2D eigenvalue weighted by molar-refractivity contribution is 0.492. The van der Waals surface area contributed by atoms with E-state index >= 15 is 0 Å². The first kappa shape index (κ1) is 13.7. The van der Waals surface area contributed by atoms with Gasteiger partial charge in [0.1, 0.15) is 5.82 Å². The Labute approximate surface area is 103 Å². The molecule has 1 atom stereocenters. The summed E-state index contributed by atoms with van der Waals surface area (Å²) in [6.07, 6.45) is 4.06. The Balaban J connectivity index is 2.65. The number of halogens is 1. The van der Waals surface area contributed by atoms with Crippen LogP contribution in [0.3, 0.4) is 0 Å². The van der Waals surface area contributed by atoms with Gasteiger partial charge in [-0.3, -0.25) is 4.98 Å². The summed E-state index contributed by atoms with van der Waals surface area (Å²) < 4.78 is 12.8. The summed E-state index contributed by atoms with van der Waals surface area (Å²) in [5.41, 5.74) is 0.887. The Bertz CT molecular complexity index is 375. The SMILES string of the molecule is CC#CCCC(NCCC)c1ccc(F)cn1. The lowest BCUT2D eigenvalue weighted by Crippen LogP contribution is -2.23. The molecular formula is C14H19FN2. The van der Waals surface area contributed by atoms with Crippen molar-refractivity contribution in [1.82, 2.24) is 10.3 Å². The van der Waals surface area contributed by atoms with E-state index in [1.54, 1.807) is 6.07 Å². The van der Waals surface area contributed by atoms with Gasteiger partial charge in [0.15, 0.2) is 0 Å². The van der Waals surface area contributed by atoms with Crippen LogP contribution in [0.5, 0.6) is 0 Å². The van der Waals surface area contributed by atoms with E-state index in [-0.39, 0.29) is 11.9 Å². The lowest BCUT2D eigenvalue weighted by Gasteiger charge is -2.16. The lowest BCUT2D eigenvalue weighted by atomic mass is 10.1. The van der Waals surface area contributed by atoms with Crippen LogP contribution in [0.2, 0.25) is 0 Å². The fourth-order valence-corrected chi connectivity index (χ4v) is 1.61. The first-order chi connectivity index (χ1) is 8.27. The Morgan fingerprint density at radius 1 is 1.47 bits per heavy atom. The Kier molecular flexibility index (Phi) is 6.27. The molecule has 1 rings (SSSR count). The van der Waals surface area contributed by atoms with Crippen LogP contribution in [0.1, 0.15) is 44.8 Å². The maximum Gasteiger partial charge on any atom is 0.141 e. The second kappa shape index (κ2) is 7.81. The van der Waals surface area contributed by atoms with Gasteiger partial charge in [0.25, 0.3) is 0 Å². The van der Waals surface area contributed by atoms with E-state index in [1.165, 1.54) is 12.3 Å². The Morgan fingerprint density at radius 2 is 2.29 bits per heavy atom. The van der Waals surface area contributed by atoms with E-state index in [4.69, 9.17) is 0 Å². The van der Waals surface area contributed by atoms with Crippen molar-refractivity contribution in [3.05, 3.63) is 29.8 Å². The van der Waals surface area contributed by atoms with Crippen LogP contribution in [0.15, 0.2) is 18.3 Å². The smallest absolute Gasteiger partial charge is 0.141 e. The summed E-state index contributed by atoms with van der Waals surface area (Å²) >= 11 is 0. The molecule has 1 aromatic rings. The Hall–Kier alpha value is -1.40. The minimum absolute atomic E-state index is 0.163. The van der Waals surface area contributed by atoms with Gasteiger partial charge in [-0.15, -0.1) is 11.8 Å². The fraction of sp³-hybridized carbons (Fsp3) is 0.500. The molecular weight excluding hydrogens is 215 g/mol. The van der Waals surface area contributed by atoms with Gasteiger partial charge in [-0.25, -0.2) is 4.39 Å². The minimum Gasteiger partial charge on any atom is -0.309 e. The largest absolute Gasteiger partial charge is 0.309 e. The molecule has 0 fully saturated rings. The molecule has 0 saturated carbocycles. The molecule has 1 aromatic heterocycles. The topological polar surface area (TPSA) is 24.9 Å². The molecule has 0 aliphatic carbocycles. The summed E-state index contributed by atoms with van der Waals surface area (Å²) in [5.74, 6) is 5.63. The molecule has 92 valence electrons. The van der Waals surface area contributed by atoms with Crippen LogP contribution in [-0.4, -0.2) is 11.5 Å². The fourth-order valence-electron chi connectivity index (χ4n) is 1.61. The molecule has 3 heteroatoms. The normalized spacial score (nSPS) is 11.7. The summed E-state index contributed by atoms with van der Waals surface area (Å²) in [5, 5.41) is 3.41. The van der Waals surface area contributed by atoms with E-state index in [0.29, 0.717) is 0 Å². The molecule has 0 saturated heterocycles. The quantitative estimate of drug-likeness (QED) is 0.765. The summed E-state index contributed by atoms with van der Waals surface area (Å²) in [6.45, 7) is 4.89. The van der Waals surface area contributed by atoms with E-state index in [1.807, 2.05) is 6.92 Å². The molecule has 2 nitrogen and oxygen atoms in total. The van der Waals surface area contributed by atoms with Crippen LogP contribution in [0, 0.1) is 17.7 Å². The monoisotopic (exact) mass is 234 g/mol. The zero-order valence-electron chi connectivity index (χ0n) is 10.5. The summed E-state index contributed by atoms with van der Waals surface area (Å²) in [6, 6.07) is 3.35. The first-order valence-electron chi connectivity index (χ1n) is 6.02. The average molecular weight is 234 g/mol. The van der Waals surface area contributed by atoms with Gasteiger partial charge in [0.05, 0.1) is 17.9 Å².